The van der Waals surface area contributed by atoms with E-state index in [0.29, 0.717) is 9.50 Å². The number of rotatable bonds is 4. The SMILES string of the molecule is O=[N+]([O-])c1cccc(NS(=O)(=O)c2ccc(Cl)c(Br)c2)c1. The van der Waals surface area contributed by atoms with E-state index in [9.17, 15) is 18.5 Å². The van der Waals surface area contributed by atoms with Crippen LogP contribution in [0, 0.1) is 10.1 Å². The molecule has 0 saturated carbocycles. The Morgan fingerprint density at radius 2 is 1.90 bits per heavy atom. The zero-order valence-corrected chi connectivity index (χ0v) is 13.4. The molecule has 6 nitrogen and oxygen atoms in total. The quantitative estimate of drug-likeness (QED) is 0.634. The maximum Gasteiger partial charge on any atom is 0.271 e. The van der Waals surface area contributed by atoms with Gasteiger partial charge >= 0.3 is 0 Å². The van der Waals surface area contributed by atoms with E-state index in [1.807, 2.05) is 0 Å². The lowest BCUT2D eigenvalue weighted by Gasteiger charge is -2.08. The van der Waals surface area contributed by atoms with Crippen LogP contribution in [0.1, 0.15) is 0 Å². The number of sulfonamides is 1. The van der Waals surface area contributed by atoms with E-state index in [4.69, 9.17) is 11.6 Å². The predicted octanol–water partition coefficient (Wildman–Crippen LogP) is 3.81. The summed E-state index contributed by atoms with van der Waals surface area (Å²) in [6.45, 7) is 0. The van der Waals surface area contributed by atoms with Gasteiger partial charge in [-0.25, -0.2) is 8.42 Å². The molecule has 0 spiro atoms. The molecule has 0 fully saturated rings. The third-order valence-corrected chi connectivity index (χ3v) is 5.10. The van der Waals surface area contributed by atoms with E-state index in [0.717, 1.165) is 6.07 Å². The van der Waals surface area contributed by atoms with Crippen molar-refractivity contribution in [1.82, 2.24) is 0 Å². The molecule has 2 aromatic carbocycles. The molecule has 0 amide bonds. The van der Waals surface area contributed by atoms with E-state index in [1.165, 1.54) is 36.4 Å². The van der Waals surface area contributed by atoms with Gasteiger partial charge in [-0.3, -0.25) is 14.8 Å². The first kappa shape index (κ1) is 15.7. The van der Waals surface area contributed by atoms with E-state index in [2.05, 4.69) is 20.7 Å². The molecule has 0 radical (unpaired) electrons. The fraction of sp³-hybridized carbons (Fsp3) is 0. The van der Waals surface area contributed by atoms with Gasteiger partial charge < -0.3 is 0 Å². The van der Waals surface area contributed by atoms with Gasteiger partial charge in [0.1, 0.15) is 0 Å². The molecular formula is C12H8BrClN2O4S. The van der Waals surface area contributed by atoms with Gasteiger partial charge in [-0.05, 0) is 40.2 Å². The first-order chi connectivity index (χ1) is 9.79. The van der Waals surface area contributed by atoms with Crippen LogP contribution in [-0.4, -0.2) is 13.3 Å². The van der Waals surface area contributed by atoms with Gasteiger partial charge in [0.05, 0.1) is 20.5 Å². The number of nitro benzene ring substituents is 1. The van der Waals surface area contributed by atoms with Crippen LogP contribution in [0.5, 0.6) is 0 Å². The largest absolute Gasteiger partial charge is 0.279 e. The molecule has 110 valence electrons. The molecule has 0 aliphatic rings. The predicted molar refractivity (Wildman–Crippen MR) is 83.1 cm³/mol. The Morgan fingerprint density at radius 3 is 2.52 bits per heavy atom. The van der Waals surface area contributed by atoms with Crippen LogP contribution in [0.2, 0.25) is 5.02 Å². The second kappa shape index (κ2) is 6.00. The first-order valence-electron chi connectivity index (χ1n) is 5.52. The van der Waals surface area contributed by atoms with Crippen LogP contribution in [0.25, 0.3) is 0 Å². The van der Waals surface area contributed by atoms with Crippen molar-refractivity contribution in [2.75, 3.05) is 4.72 Å². The highest BCUT2D eigenvalue weighted by atomic mass is 79.9. The first-order valence-corrected chi connectivity index (χ1v) is 8.17. The highest BCUT2D eigenvalue weighted by Gasteiger charge is 2.16. The summed E-state index contributed by atoms with van der Waals surface area (Å²) in [6, 6.07) is 9.37. The van der Waals surface area contributed by atoms with E-state index in [-0.39, 0.29) is 16.3 Å². The summed E-state index contributed by atoms with van der Waals surface area (Å²) < 4.78 is 27.1. The highest BCUT2D eigenvalue weighted by Crippen LogP contribution is 2.27. The van der Waals surface area contributed by atoms with Crippen LogP contribution in [0.3, 0.4) is 0 Å². The number of anilines is 1. The minimum Gasteiger partial charge on any atom is -0.279 e. The molecule has 2 aromatic rings. The molecule has 0 atom stereocenters. The molecule has 0 aliphatic heterocycles. The summed E-state index contributed by atoms with van der Waals surface area (Å²) in [5.41, 5.74) is -0.0947. The third-order valence-electron chi connectivity index (χ3n) is 2.51. The van der Waals surface area contributed by atoms with Crippen LogP contribution in [-0.2, 0) is 10.0 Å². The van der Waals surface area contributed by atoms with Gasteiger partial charge in [0, 0.05) is 16.6 Å². The zero-order valence-electron chi connectivity index (χ0n) is 10.3. The van der Waals surface area contributed by atoms with Crippen LogP contribution < -0.4 is 4.72 Å². The number of nitrogens with one attached hydrogen (secondary N) is 1. The van der Waals surface area contributed by atoms with Crippen LogP contribution in [0.4, 0.5) is 11.4 Å². The summed E-state index contributed by atoms with van der Waals surface area (Å²) >= 11 is 8.95. The maximum absolute atomic E-state index is 12.2. The second-order valence-corrected chi connectivity index (χ2v) is 6.93. The number of non-ortho nitro benzene ring substituents is 1. The Labute approximate surface area is 134 Å². The van der Waals surface area contributed by atoms with Crippen LogP contribution >= 0.6 is 27.5 Å². The second-order valence-electron chi connectivity index (χ2n) is 3.99. The standard InChI is InChI=1S/C12H8BrClN2O4S/c13-11-7-10(4-5-12(11)14)21(19,20)15-8-2-1-3-9(6-8)16(17)18/h1-7,15H. The number of benzene rings is 2. The van der Waals surface area contributed by atoms with Crippen molar-refractivity contribution in [2.24, 2.45) is 0 Å². The van der Waals surface area contributed by atoms with Crippen LogP contribution in [0.15, 0.2) is 51.8 Å². The Balaban J connectivity index is 2.35. The normalized spacial score (nSPS) is 11.1. The lowest BCUT2D eigenvalue weighted by Crippen LogP contribution is -2.13. The monoisotopic (exact) mass is 390 g/mol. The summed E-state index contributed by atoms with van der Waals surface area (Å²) in [7, 11) is -3.86. The number of nitro groups is 1. The van der Waals surface area contributed by atoms with Gasteiger partial charge in [0.25, 0.3) is 15.7 Å². The van der Waals surface area contributed by atoms with Crippen molar-refractivity contribution in [3.63, 3.8) is 0 Å². The number of nitrogens with zero attached hydrogens (tertiary/aromatic N) is 1. The Hall–Kier alpha value is -1.64. The molecule has 9 heteroatoms. The maximum atomic E-state index is 12.2. The van der Waals surface area contributed by atoms with Crippen molar-refractivity contribution in [3.05, 3.63) is 62.1 Å². The molecule has 0 bridgehead atoms. The molecule has 0 saturated heterocycles. The van der Waals surface area contributed by atoms with Crippen molar-refractivity contribution in [2.45, 2.75) is 4.90 Å². The van der Waals surface area contributed by atoms with Gasteiger partial charge in [0.2, 0.25) is 0 Å². The van der Waals surface area contributed by atoms with Gasteiger partial charge in [-0.15, -0.1) is 0 Å². The molecule has 0 unspecified atom stereocenters. The lowest BCUT2D eigenvalue weighted by molar-refractivity contribution is -0.384. The number of hydrogen-bond donors (Lipinski definition) is 1. The van der Waals surface area contributed by atoms with Gasteiger partial charge in [-0.1, -0.05) is 17.7 Å². The third kappa shape index (κ3) is 3.72. The smallest absolute Gasteiger partial charge is 0.271 e. The highest BCUT2D eigenvalue weighted by molar-refractivity contribution is 9.10. The van der Waals surface area contributed by atoms with E-state index >= 15 is 0 Å². The lowest BCUT2D eigenvalue weighted by atomic mass is 10.3. The molecule has 0 heterocycles. The topological polar surface area (TPSA) is 89.3 Å². The summed E-state index contributed by atoms with van der Waals surface area (Å²) in [5.74, 6) is 0. The molecule has 21 heavy (non-hydrogen) atoms. The molecule has 1 N–H and O–H groups in total. The van der Waals surface area contributed by atoms with Crippen molar-refractivity contribution in [1.29, 1.82) is 0 Å². The molecule has 0 aliphatic carbocycles. The average Bonchev–Trinajstić information content (AvgIpc) is 2.41. The van der Waals surface area contributed by atoms with E-state index < -0.39 is 14.9 Å². The zero-order chi connectivity index (χ0) is 15.6. The molecule has 0 aromatic heterocycles. The average molecular weight is 392 g/mol. The summed E-state index contributed by atoms with van der Waals surface area (Å²) in [4.78, 5) is 10.1. The van der Waals surface area contributed by atoms with Crippen molar-refractivity contribution >= 4 is 48.9 Å². The Bertz CT molecular complexity index is 811. The molecule has 2 rings (SSSR count). The number of halogens is 2. The minimum atomic E-state index is -3.86. The number of hydrogen-bond acceptors (Lipinski definition) is 4. The minimum absolute atomic E-state index is 0.00900. The van der Waals surface area contributed by atoms with Gasteiger partial charge in [-0.2, -0.15) is 0 Å². The fourth-order valence-corrected chi connectivity index (χ4v) is 3.26. The van der Waals surface area contributed by atoms with Crippen molar-refractivity contribution in [3.8, 4) is 0 Å². The summed E-state index contributed by atoms with van der Waals surface area (Å²) in [6.07, 6.45) is 0. The fourth-order valence-electron chi connectivity index (χ4n) is 1.54. The van der Waals surface area contributed by atoms with Gasteiger partial charge in [0.15, 0.2) is 0 Å². The van der Waals surface area contributed by atoms with Crippen molar-refractivity contribution < 1.29 is 13.3 Å². The summed E-state index contributed by atoms with van der Waals surface area (Å²) in [5, 5.41) is 11.1. The Kier molecular flexibility index (Phi) is 4.50. The Morgan fingerprint density at radius 1 is 1.19 bits per heavy atom. The van der Waals surface area contributed by atoms with E-state index in [1.54, 1.807) is 0 Å². The molecular weight excluding hydrogens is 384 g/mol.